The van der Waals surface area contributed by atoms with Gasteiger partial charge in [0.1, 0.15) is 11.7 Å². The summed E-state index contributed by atoms with van der Waals surface area (Å²) in [6, 6.07) is -1.32. The van der Waals surface area contributed by atoms with Gasteiger partial charge in [-0.3, -0.25) is 14.5 Å². The molecule has 29 heavy (non-hydrogen) atoms. The molecule has 14 nitrogen and oxygen atoms in total. The minimum absolute atomic E-state index is 0.0851. The van der Waals surface area contributed by atoms with Crippen molar-refractivity contribution in [1.82, 2.24) is 30.9 Å². The standard InChI is InChI=1S/C14H17N9O5S/c1-5-7(10(25)23(5)13-18-21-22-19-13)17-9(24)8(6-4-29-12(15)16-6)20-28-14(2,3)11(26)27/h4-5,7H,1-3H3,(H2,15,16)(H,17,24)(H,26,27)(H,18,19,21,22)/t5-,7-/m0/s1. The molecule has 2 aromatic heterocycles. The third kappa shape index (κ3) is 3.84. The zero-order valence-electron chi connectivity index (χ0n) is 15.5. The van der Waals surface area contributed by atoms with Crippen molar-refractivity contribution in [2.24, 2.45) is 5.16 Å². The molecular formula is C14H17N9O5S. The van der Waals surface area contributed by atoms with E-state index in [1.807, 2.05) is 0 Å². The number of aromatic nitrogens is 5. The van der Waals surface area contributed by atoms with Gasteiger partial charge in [0.05, 0.1) is 6.04 Å². The van der Waals surface area contributed by atoms with Crippen LogP contribution in [0.5, 0.6) is 0 Å². The van der Waals surface area contributed by atoms with Gasteiger partial charge in [0.15, 0.2) is 10.8 Å². The van der Waals surface area contributed by atoms with E-state index in [9.17, 15) is 14.4 Å². The number of oxime groups is 1. The topological polar surface area (TPSA) is 202 Å². The van der Waals surface area contributed by atoms with E-state index in [1.54, 1.807) is 6.92 Å². The second kappa shape index (κ2) is 7.42. The van der Waals surface area contributed by atoms with E-state index < -0.39 is 35.5 Å². The molecule has 0 unspecified atom stereocenters. The van der Waals surface area contributed by atoms with Crippen molar-refractivity contribution >= 4 is 45.9 Å². The van der Waals surface area contributed by atoms with Crippen LogP contribution >= 0.6 is 11.3 Å². The molecule has 15 heteroatoms. The van der Waals surface area contributed by atoms with E-state index in [4.69, 9.17) is 15.7 Å². The van der Waals surface area contributed by atoms with E-state index in [-0.39, 0.29) is 22.5 Å². The smallest absolute Gasteiger partial charge is 0.350 e. The normalized spacial score (nSPS) is 19.6. The molecule has 0 radical (unpaired) electrons. The Hall–Kier alpha value is -3.62. The van der Waals surface area contributed by atoms with E-state index in [0.29, 0.717) is 0 Å². The summed E-state index contributed by atoms with van der Waals surface area (Å²) in [5.41, 5.74) is 3.69. The molecule has 2 atom stereocenters. The molecule has 1 aliphatic heterocycles. The monoisotopic (exact) mass is 423 g/mol. The number of amides is 2. The average Bonchev–Trinajstić information content (AvgIpc) is 3.32. The molecule has 2 amide bonds. The van der Waals surface area contributed by atoms with E-state index in [1.165, 1.54) is 24.1 Å². The number of anilines is 2. The molecule has 1 fully saturated rings. The van der Waals surface area contributed by atoms with Crippen molar-refractivity contribution in [3.8, 4) is 0 Å². The van der Waals surface area contributed by atoms with Gasteiger partial charge >= 0.3 is 5.97 Å². The number of β-lactam (4-membered cyclic amide) rings is 1. The Morgan fingerprint density at radius 3 is 2.72 bits per heavy atom. The molecular weight excluding hydrogens is 406 g/mol. The van der Waals surface area contributed by atoms with Crippen LogP contribution in [0.1, 0.15) is 26.5 Å². The Bertz CT molecular complexity index is 970. The number of hydrogen-bond donors (Lipinski definition) is 4. The molecule has 154 valence electrons. The fraction of sp³-hybridized carbons (Fsp3) is 0.429. The van der Waals surface area contributed by atoms with Crippen molar-refractivity contribution < 1.29 is 24.3 Å². The summed E-state index contributed by atoms with van der Waals surface area (Å²) in [5, 5.41) is 30.0. The Kier molecular flexibility index (Phi) is 5.15. The van der Waals surface area contributed by atoms with Crippen molar-refractivity contribution in [3.05, 3.63) is 11.1 Å². The summed E-state index contributed by atoms with van der Waals surface area (Å²) in [5.74, 6) is -2.34. The lowest BCUT2D eigenvalue weighted by Crippen LogP contribution is -2.70. The first-order chi connectivity index (χ1) is 13.6. The number of aromatic amines is 1. The van der Waals surface area contributed by atoms with E-state index in [2.05, 4.69) is 36.1 Å². The van der Waals surface area contributed by atoms with Gasteiger partial charge in [-0.1, -0.05) is 10.3 Å². The van der Waals surface area contributed by atoms with Gasteiger partial charge in [0.2, 0.25) is 11.5 Å². The Labute approximate surface area is 167 Å². The second-order valence-electron chi connectivity index (χ2n) is 6.54. The highest BCUT2D eigenvalue weighted by molar-refractivity contribution is 7.13. The number of nitrogens with zero attached hydrogens (tertiary/aromatic N) is 6. The predicted molar refractivity (Wildman–Crippen MR) is 98.9 cm³/mol. The van der Waals surface area contributed by atoms with Crippen LogP contribution in [0.3, 0.4) is 0 Å². The van der Waals surface area contributed by atoms with E-state index in [0.717, 1.165) is 11.3 Å². The summed E-state index contributed by atoms with van der Waals surface area (Å²) in [4.78, 5) is 46.7. The number of carboxylic acids is 1. The highest BCUT2D eigenvalue weighted by atomic mass is 32.1. The average molecular weight is 423 g/mol. The quantitative estimate of drug-likeness (QED) is 0.236. The maximum absolute atomic E-state index is 12.8. The number of H-pyrrole nitrogens is 1. The number of nitrogens with one attached hydrogen (secondary N) is 2. The minimum atomic E-state index is -1.69. The number of thiazole rings is 1. The highest BCUT2D eigenvalue weighted by Gasteiger charge is 2.48. The van der Waals surface area contributed by atoms with Gasteiger partial charge in [-0.25, -0.2) is 14.9 Å². The zero-order valence-corrected chi connectivity index (χ0v) is 16.3. The minimum Gasteiger partial charge on any atom is -0.478 e. The van der Waals surface area contributed by atoms with Crippen molar-refractivity contribution in [2.75, 3.05) is 10.6 Å². The number of carbonyl (C=O) groups is 3. The Balaban J connectivity index is 1.79. The van der Waals surface area contributed by atoms with Crippen LogP contribution < -0.4 is 16.0 Å². The first kappa shape index (κ1) is 20.1. The van der Waals surface area contributed by atoms with Crippen LogP contribution in [0.4, 0.5) is 11.1 Å². The van der Waals surface area contributed by atoms with Crippen LogP contribution in [0, 0.1) is 0 Å². The van der Waals surface area contributed by atoms with Gasteiger partial charge in [-0.15, -0.1) is 11.3 Å². The number of aliphatic carboxylic acids is 1. The molecule has 0 saturated carbocycles. The van der Waals surface area contributed by atoms with E-state index >= 15 is 0 Å². The van der Waals surface area contributed by atoms with Gasteiger partial charge in [0.25, 0.3) is 11.8 Å². The summed E-state index contributed by atoms with van der Waals surface area (Å²) in [6.45, 7) is 4.23. The van der Waals surface area contributed by atoms with Gasteiger partial charge < -0.3 is 21.0 Å². The molecule has 0 aromatic carbocycles. The lowest BCUT2D eigenvalue weighted by Gasteiger charge is -2.43. The fourth-order valence-corrected chi connectivity index (χ4v) is 2.92. The number of rotatable bonds is 7. The molecule has 1 saturated heterocycles. The van der Waals surface area contributed by atoms with Crippen LogP contribution in [0.2, 0.25) is 0 Å². The number of nitrogens with two attached hydrogens (primary N) is 1. The Morgan fingerprint density at radius 2 is 2.21 bits per heavy atom. The molecule has 5 N–H and O–H groups in total. The highest BCUT2D eigenvalue weighted by Crippen LogP contribution is 2.24. The lowest BCUT2D eigenvalue weighted by atomic mass is 9.97. The number of nitrogen functional groups attached to an aromatic ring is 1. The predicted octanol–water partition coefficient (Wildman–Crippen LogP) is -1.26. The van der Waals surface area contributed by atoms with Gasteiger partial charge in [-0.2, -0.15) is 0 Å². The maximum atomic E-state index is 12.8. The lowest BCUT2D eigenvalue weighted by molar-refractivity contribution is -0.161. The maximum Gasteiger partial charge on any atom is 0.350 e. The van der Waals surface area contributed by atoms with Crippen LogP contribution in [0.25, 0.3) is 0 Å². The molecule has 2 aromatic rings. The van der Waals surface area contributed by atoms with Gasteiger partial charge in [-0.05, 0) is 31.2 Å². The van der Waals surface area contributed by atoms with Crippen molar-refractivity contribution in [3.63, 3.8) is 0 Å². The zero-order chi connectivity index (χ0) is 21.3. The molecule has 0 bridgehead atoms. The van der Waals surface area contributed by atoms with Gasteiger partial charge in [0, 0.05) is 5.38 Å². The van der Waals surface area contributed by atoms with Crippen molar-refractivity contribution in [2.45, 2.75) is 38.5 Å². The summed E-state index contributed by atoms with van der Waals surface area (Å²) in [6.07, 6.45) is 0. The van der Waals surface area contributed by atoms with Crippen LogP contribution in [-0.4, -0.2) is 71.9 Å². The largest absolute Gasteiger partial charge is 0.478 e. The molecule has 0 aliphatic carbocycles. The second-order valence-corrected chi connectivity index (χ2v) is 7.43. The number of hydrogen-bond acceptors (Lipinski definition) is 11. The summed E-state index contributed by atoms with van der Waals surface area (Å²) >= 11 is 1.06. The third-order valence-corrected chi connectivity index (χ3v) is 4.78. The molecule has 3 heterocycles. The van der Waals surface area contributed by atoms with Crippen LogP contribution in [-0.2, 0) is 19.2 Å². The molecule has 1 aliphatic rings. The number of carboxylic acid groups (broad SMARTS) is 1. The van der Waals surface area contributed by atoms with Crippen LogP contribution in [0.15, 0.2) is 10.5 Å². The fourth-order valence-electron chi connectivity index (χ4n) is 2.37. The summed E-state index contributed by atoms with van der Waals surface area (Å²) in [7, 11) is 0. The molecule has 3 rings (SSSR count). The Morgan fingerprint density at radius 1 is 1.48 bits per heavy atom. The van der Waals surface area contributed by atoms with Crippen molar-refractivity contribution in [1.29, 1.82) is 0 Å². The first-order valence-corrected chi connectivity index (χ1v) is 9.08. The third-order valence-electron chi connectivity index (χ3n) is 4.10. The number of tetrazole rings is 1. The number of carbonyl (C=O) groups excluding carboxylic acids is 2. The first-order valence-electron chi connectivity index (χ1n) is 8.20. The molecule has 0 spiro atoms. The summed E-state index contributed by atoms with van der Waals surface area (Å²) < 4.78 is 0. The SMILES string of the molecule is C[C@H]1[C@H](NC(=O)C(=NOC(C)(C)C(=O)O)c2csc(N)n2)C(=O)N1c1nnn[nH]1.